The molecule has 90 valence electrons. The number of aryl methyl sites for hydroxylation is 1. The Bertz CT molecular complexity index is 464. The first-order chi connectivity index (χ1) is 8.00. The molecule has 1 aliphatic heterocycles. The van der Waals surface area contributed by atoms with E-state index in [-0.39, 0.29) is 17.7 Å². The maximum atomic E-state index is 12.0. The second-order valence-electron chi connectivity index (χ2n) is 4.85. The van der Waals surface area contributed by atoms with Gasteiger partial charge in [0.2, 0.25) is 11.8 Å². The molecule has 3 nitrogen and oxygen atoms in total. The van der Waals surface area contributed by atoms with Gasteiger partial charge in [0.05, 0.1) is 11.3 Å². The van der Waals surface area contributed by atoms with Crippen LogP contribution < -0.4 is 5.32 Å². The summed E-state index contributed by atoms with van der Waals surface area (Å²) in [6.45, 7) is 5.80. The topological polar surface area (TPSA) is 46.2 Å². The van der Waals surface area contributed by atoms with Gasteiger partial charge in [0.25, 0.3) is 0 Å². The quantitative estimate of drug-likeness (QED) is 0.791. The van der Waals surface area contributed by atoms with Crippen LogP contribution in [0.3, 0.4) is 0 Å². The van der Waals surface area contributed by atoms with Crippen LogP contribution in [0.5, 0.6) is 0 Å². The number of imide groups is 1. The first-order valence-corrected chi connectivity index (χ1v) is 5.92. The Morgan fingerprint density at radius 3 is 2.35 bits per heavy atom. The van der Waals surface area contributed by atoms with Crippen molar-refractivity contribution in [1.82, 2.24) is 5.32 Å². The Labute approximate surface area is 101 Å². The Morgan fingerprint density at radius 1 is 1.24 bits per heavy atom. The molecule has 0 spiro atoms. The van der Waals surface area contributed by atoms with Crippen LogP contribution in [0, 0.1) is 12.8 Å². The monoisotopic (exact) mass is 231 g/mol. The molecule has 2 atom stereocenters. The number of nitrogens with one attached hydrogen (secondary N) is 1. The Kier molecular flexibility index (Phi) is 2.77. The zero-order valence-corrected chi connectivity index (χ0v) is 10.4. The molecule has 1 saturated heterocycles. The lowest BCUT2D eigenvalue weighted by Gasteiger charge is -2.26. The maximum absolute atomic E-state index is 12.0. The van der Waals surface area contributed by atoms with E-state index >= 15 is 0 Å². The molecule has 3 heteroatoms. The number of carbonyl (C=O) groups is 2. The van der Waals surface area contributed by atoms with Gasteiger partial charge in [0.15, 0.2) is 0 Å². The van der Waals surface area contributed by atoms with Gasteiger partial charge in [0.1, 0.15) is 0 Å². The minimum Gasteiger partial charge on any atom is -0.295 e. The standard InChI is InChI=1S/C14H17NO2/c1-4-11-12(16)15-13(17)14(11,3)10-7-5-9(2)6-8-10/h5-8,11H,4H2,1-3H3,(H,15,16,17)/t11-,14+/m0/s1. The van der Waals surface area contributed by atoms with Gasteiger partial charge >= 0.3 is 0 Å². The summed E-state index contributed by atoms with van der Waals surface area (Å²) in [6.07, 6.45) is 0.669. The lowest BCUT2D eigenvalue weighted by atomic mass is 9.72. The molecular weight excluding hydrogens is 214 g/mol. The van der Waals surface area contributed by atoms with E-state index in [1.807, 2.05) is 45.0 Å². The van der Waals surface area contributed by atoms with Crippen LogP contribution in [-0.2, 0) is 15.0 Å². The van der Waals surface area contributed by atoms with Crippen molar-refractivity contribution in [3.05, 3.63) is 35.4 Å². The van der Waals surface area contributed by atoms with E-state index in [4.69, 9.17) is 0 Å². The van der Waals surface area contributed by atoms with Crippen LogP contribution >= 0.6 is 0 Å². The maximum Gasteiger partial charge on any atom is 0.237 e. The van der Waals surface area contributed by atoms with E-state index in [2.05, 4.69) is 5.32 Å². The van der Waals surface area contributed by atoms with E-state index < -0.39 is 5.41 Å². The molecule has 17 heavy (non-hydrogen) atoms. The molecule has 0 unspecified atom stereocenters. The van der Waals surface area contributed by atoms with Crippen LogP contribution in [0.2, 0.25) is 0 Å². The predicted molar refractivity (Wildman–Crippen MR) is 65.5 cm³/mol. The summed E-state index contributed by atoms with van der Waals surface area (Å²) in [7, 11) is 0. The number of hydrogen-bond acceptors (Lipinski definition) is 2. The van der Waals surface area contributed by atoms with E-state index in [9.17, 15) is 9.59 Å². The number of benzene rings is 1. The van der Waals surface area contributed by atoms with Crippen molar-refractivity contribution >= 4 is 11.8 Å². The summed E-state index contributed by atoms with van der Waals surface area (Å²) in [6, 6.07) is 7.83. The average molecular weight is 231 g/mol. The SMILES string of the molecule is CC[C@H]1C(=O)NC(=O)[C@]1(C)c1ccc(C)cc1. The number of carbonyl (C=O) groups excluding carboxylic acids is 2. The van der Waals surface area contributed by atoms with Crippen molar-refractivity contribution in [2.24, 2.45) is 5.92 Å². The van der Waals surface area contributed by atoms with Crippen LogP contribution in [0.15, 0.2) is 24.3 Å². The van der Waals surface area contributed by atoms with E-state index in [0.29, 0.717) is 6.42 Å². The van der Waals surface area contributed by atoms with E-state index in [1.54, 1.807) is 0 Å². The highest BCUT2D eigenvalue weighted by Gasteiger charge is 2.51. The van der Waals surface area contributed by atoms with Crippen LogP contribution in [0.4, 0.5) is 0 Å². The van der Waals surface area contributed by atoms with Crippen molar-refractivity contribution < 1.29 is 9.59 Å². The summed E-state index contributed by atoms with van der Waals surface area (Å²) >= 11 is 0. The highest BCUT2D eigenvalue weighted by atomic mass is 16.2. The molecule has 1 fully saturated rings. The van der Waals surface area contributed by atoms with Gasteiger partial charge in [-0.2, -0.15) is 0 Å². The Balaban J connectivity index is 2.50. The van der Waals surface area contributed by atoms with Crippen LogP contribution in [0.25, 0.3) is 0 Å². The molecule has 0 saturated carbocycles. The first-order valence-electron chi connectivity index (χ1n) is 5.92. The van der Waals surface area contributed by atoms with Crippen molar-refractivity contribution in [2.75, 3.05) is 0 Å². The van der Waals surface area contributed by atoms with Gasteiger partial charge in [-0.15, -0.1) is 0 Å². The third kappa shape index (κ3) is 1.66. The molecular formula is C14H17NO2. The largest absolute Gasteiger partial charge is 0.295 e. The third-order valence-electron chi connectivity index (χ3n) is 3.78. The van der Waals surface area contributed by atoms with Crippen molar-refractivity contribution in [3.8, 4) is 0 Å². The second kappa shape index (κ2) is 3.99. The van der Waals surface area contributed by atoms with Crippen LogP contribution in [-0.4, -0.2) is 11.8 Å². The minimum atomic E-state index is -0.723. The Morgan fingerprint density at radius 2 is 1.82 bits per heavy atom. The fraction of sp³-hybridized carbons (Fsp3) is 0.429. The summed E-state index contributed by atoms with van der Waals surface area (Å²) in [5.41, 5.74) is 1.34. The second-order valence-corrected chi connectivity index (χ2v) is 4.85. The molecule has 1 aromatic carbocycles. The fourth-order valence-electron chi connectivity index (χ4n) is 2.57. The zero-order valence-electron chi connectivity index (χ0n) is 10.4. The predicted octanol–water partition coefficient (Wildman–Crippen LogP) is 1.94. The van der Waals surface area contributed by atoms with Gasteiger partial charge in [0, 0.05) is 0 Å². The minimum absolute atomic E-state index is 0.152. The highest BCUT2D eigenvalue weighted by molar-refractivity contribution is 6.10. The lowest BCUT2D eigenvalue weighted by Crippen LogP contribution is -2.36. The molecule has 0 bridgehead atoms. The number of amides is 2. The summed E-state index contributed by atoms with van der Waals surface area (Å²) in [5.74, 6) is -0.600. The number of rotatable bonds is 2. The average Bonchev–Trinajstić information content (AvgIpc) is 2.51. The van der Waals surface area contributed by atoms with E-state index in [0.717, 1.165) is 11.1 Å². The van der Waals surface area contributed by atoms with Crippen molar-refractivity contribution in [1.29, 1.82) is 0 Å². The Hall–Kier alpha value is -1.64. The third-order valence-corrected chi connectivity index (χ3v) is 3.78. The van der Waals surface area contributed by atoms with Crippen molar-refractivity contribution in [2.45, 2.75) is 32.6 Å². The first kappa shape index (κ1) is 11.8. The molecule has 2 rings (SSSR count). The molecule has 1 aliphatic rings. The summed E-state index contributed by atoms with van der Waals surface area (Å²) in [4.78, 5) is 23.8. The molecule has 1 aromatic rings. The number of hydrogen-bond donors (Lipinski definition) is 1. The molecule has 0 radical (unpaired) electrons. The molecule has 0 aromatic heterocycles. The molecule has 1 N–H and O–H groups in total. The molecule has 2 amide bonds. The van der Waals surface area contributed by atoms with E-state index in [1.165, 1.54) is 0 Å². The van der Waals surface area contributed by atoms with Gasteiger partial charge in [-0.25, -0.2) is 0 Å². The zero-order chi connectivity index (χ0) is 12.6. The van der Waals surface area contributed by atoms with Gasteiger partial charge < -0.3 is 0 Å². The van der Waals surface area contributed by atoms with Crippen LogP contribution in [0.1, 0.15) is 31.4 Å². The van der Waals surface area contributed by atoms with Gasteiger partial charge in [-0.05, 0) is 25.8 Å². The summed E-state index contributed by atoms with van der Waals surface area (Å²) in [5, 5.41) is 2.44. The smallest absolute Gasteiger partial charge is 0.237 e. The molecule has 1 heterocycles. The fourth-order valence-corrected chi connectivity index (χ4v) is 2.57. The normalized spacial score (nSPS) is 28.3. The van der Waals surface area contributed by atoms with Gasteiger partial charge in [-0.3, -0.25) is 14.9 Å². The lowest BCUT2D eigenvalue weighted by molar-refractivity contribution is -0.126. The van der Waals surface area contributed by atoms with Crippen molar-refractivity contribution in [3.63, 3.8) is 0 Å². The summed E-state index contributed by atoms with van der Waals surface area (Å²) < 4.78 is 0. The molecule has 0 aliphatic carbocycles. The highest BCUT2D eigenvalue weighted by Crippen LogP contribution is 2.38. The van der Waals surface area contributed by atoms with Gasteiger partial charge in [-0.1, -0.05) is 36.8 Å².